The molecule has 0 aliphatic carbocycles. The lowest BCUT2D eigenvalue weighted by Crippen LogP contribution is -2.31. The van der Waals surface area contributed by atoms with Crippen LogP contribution in [0.4, 0.5) is 0 Å². The van der Waals surface area contributed by atoms with Crippen molar-refractivity contribution in [2.45, 2.75) is 26.3 Å². The van der Waals surface area contributed by atoms with Crippen molar-refractivity contribution in [2.24, 2.45) is 0 Å². The van der Waals surface area contributed by atoms with E-state index in [2.05, 4.69) is 15.5 Å². The van der Waals surface area contributed by atoms with Crippen molar-refractivity contribution < 1.29 is 9.32 Å². The van der Waals surface area contributed by atoms with E-state index in [1.165, 1.54) is 0 Å². The molecule has 0 aliphatic rings. The first-order chi connectivity index (χ1) is 11.7. The summed E-state index contributed by atoms with van der Waals surface area (Å²) < 4.78 is 5.33. The number of amides is 1. The minimum absolute atomic E-state index is 0.0774. The second-order valence-electron chi connectivity index (χ2n) is 5.65. The highest BCUT2D eigenvalue weighted by Gasteiger charge is 2.12. The van der Waals surface area contributed by atoms with Crippen LogP contribution in [0.25, 0.3) is 22.8 Å². The van der Waals surface area contributed by atoms with E-state index < -0.39 is 0 Å². The Morgan fingerprint density at radius 2 is 1.79 bits per heavy atom. The van der Waals surface area contributed by atoms with E-state index in [-0.39, 0.29) is 11.9 Å². The average Bonchev–Trinajstić information content (AvgIpc) is 3.12. The summed E-state index contributed by atoms with van der Waals surface area (Å²) in [4.78, 5) is 16.5. The minimum Gasteiger partial charge on any atom is -0.350 e. The molecule has 3 rings (SSSR count). The molecule has 3 aromatic rings. The van der Waals surface area contributed by atoms with Crippen LogP contribution < -0.4 is 5.32 Å². The van der Waals surface area contributed by atoms with Crippen LogP contribution in [-0.4, -0.2) is 22.1 Å². The zero-order chi connectivity index (χ0) is 16.9. The molecule has 1 amide bonds. The summed E-state index contributed by atoms with van der Waals surface area (Å²) in [5.41, 5.74) is 2.30. The number of rotatable bonds is 5. The van der Waals surface area contributed by atoms with Gasteiger partial charge in [0.05, 0.1) is 0 Å². The first-order valence-corrected chi connectivity index (χ1v) is 7.98. The maximum absolute atomic E-state index is 12.1. The number of hydrogen-bond donors (Lipinski definition) is 1. The molecule has 0 aliphatic heterocycles. The van der Waals surface area contributed by atoms with Crippen LogP contribution in [0.3, 0.4) is 0 Å². The van der Waals surface area contributed by atoms with Gasteiger partial charge in [-0.1, -0.05) is 42.4 Å². The zero-order valence-corrected chi connectivity index (χ0v) is 13.7. The van der Waals surface area contributed by atoms with E-state index in [1.807, 2.05) is 56.3 Å². The zero-order valence-electron chi connectivity index (χ0n) is 13.7. The Morgan fingerprint density at radius 1 is 1.08 bits per heavy atom. The standard InChI is InChI=1S/C19H19N3O2/c1-3-13(2)20-18(23)15-9-11-16(12-10-15)19-21-17(22-24-19)14-7-5-4-6-8-14/h4-13H,3H2,1-2H3,(H,20,23). The average molecular weight is 321 g/mol. The SMILES string of the molecule is CCC(C)NC(=O)c1ccc(-c2nc(-c3ccccc3)no2)cc1. The molecule has 1 heterocycles. The molecule has 1 unspecified atom stereocenters. The van der Waals surface area contributed by atoms with Gasteiger partial charge in [-0.2, -0.15) is 4.98 Å². The highest BCUT2D eigenvalue weighted by molar-refractivity contribution is 5.94. The van der Waals surface area contributed by atoms with Gasteiger partial charge in [-0.25, -0.2) is 0 Å². The molecule has 24 heavy (non-hydrogen) atoms. The quantitative estimate of drug-likeness (QED) is 0.773. The first kappa shape index (κ1) is 15.9. The fraction of sp³-hybridized carbons (Fsp3) is 0.211. The molecule has 0 bridgehead atoms. The summed E-state index contributed by atoms with van der Waals surface area (Å²) in [6, 6.07) is 17.0. The van der Waals surface area contributed by atoms with Gasteiger partial charge >= 0.3 is 0 Å². The number of aromatic nitrogens is 2. The monoisotopic (exact) mass is 321 g/mol. The van der Waals surface area contributed by atoms with Crippen molar-refractivity contribution in [1.82, 2.24) is 15.5 Å². The van der Waals surface area contributed by atoms with E-state index in [0.29, 0.717) is 17.3 Å². The third-order valence-corrected chi connectivity index (χ3v) is 3.84. The van der Waals surface area contributed by atoms with Gasteiger partial charge in [0, 0.05) is 22.7 Å². The number of nitrogens with zero attached hydrogens (tertiary/aromatic N) is 2. The van der Waals surface area contributed by atoms with Gasteiger partial charge in [-0.3, -0.25) is 4.79 Å². The van der Waals surface area contributed by atoms with Crippen LogP contribution in [0.1, 0.15) is 30.6 Å². The van der Waals surface area contributed by atoms with E-state index in [1.54, 1.807) is 12.1 Å². The molecule has 1 N–H and O–H groups in total. The van der Waals surface area contributed by atoms with Gasteiger partial charge in [0.25, 0.3) is 11.8 Å². The van der Waals surface area contributed by atoms with Crippen LogP contribution in [-0.2, 0) is 0 Å². The smallest absolute Gasteiger partial charge is 0.258 e. The van der Waals surface area contributed by atoms with Gasteiger partial charge in [-0.15, -0.1) is 0 Å². The first-order valence-electron chi connectivity index (χ1n) is 7.98. The topological polar surface area (TPSA) is 68.0 Å². The lowest BCUT2D eigenvalue weighted by Gasteiger charge is -2.11. The molecule has 0 fully saturated rings. The highest BCUT2D eigenvalue weighted by Crippen LogP contribution is 2.22. The molecular formula is C19H19N3O2. The molecule has 1 aromatic heterocycles. The van der Waals surface area contributed by atoms with E-state index in [4.69, 9.17) is 4.52 Å². The van der Waals surface area contributed by atoms with Crippen molar-refractivity contribution in [3.05, 3.63) is 60.2 Å². The normalized spacial score (nSPS) is 11.9. The van der Waals surface area contributed by atoms with Crippen LogP contribution in [0.2, 0.25) is 0 Å². The minimum atomic E-state index is -0.0774. The van der Waals surface area contributed by atoms with Gasteiger partial charge in [0.2, 0.25) is 5.82 Å². The van der Waals surface area contributed by atoms with Crippen LogP contribution in [0.15, 0.2) is 59.1 Å². The molecule has 2 aromatic carbocycles. The summed E-state index contributed by atoms with van der Waals surface area (Å²) in [5.74, 6) is 0.901. The summed E-state index contributed by atoms with van der Waals surface area (Å²) in [7, 11) is 0. The Bertz CT molecular complexity index is 810. The van der Waals surface area contributed by atoms with Crippen molar-refractivity contribution in [3.63, 3.8) is 0 Å². The maximum Gasteiger partial charge on any atom is 0.258 e. The molecule has 5 nitrogen and oxygen atoms in total. The van der Waals surface area contributed by atoms with Crippen molar-refractivity contribution >= 4 is 5.91 Å². The second kappa shape index (κ2) is 7.08. The fourth-order valence-electron chi connectivity index (χ4n) is 2.22. The van der Waals surface area contributed by atoms with E-state index in [0.717, 1.165) is 17.5 Å². The Hall–Kier alpha value is -2.95. The predicted molar refractivity (Wildman–Crippen MR) is 92.4 cm³/mol. The molecule has 0 spiro atoms. The summed E-state index contributed by atoms with van der Waals surface area (Å²) >= 11 is 0. The Labute approximate surface area is 140 Å². The molecule has 0 saturated heterocycles. The number of carbonyl (C=O) groups excluding carboxylic acids is 1. The summed E-state index contributed by atoms with van der Waals surface area (Å²) in [5, 5.41) is 6.95. The summed E-state index contributed by atoms with van der Waals surface area (Å²) in [6.45, 7) is 4.02. The molecule has 1 atom stereocenters. The molecule has 0 saturated carbocycles. The number of hydrogen-bond acceptors (Lipinski definition) is 4. The molecular weight excluding hydrogens is 302 g/mol. The van der Waals surface area contributed by atoms with E-state index in [9.17, 15) is 4.79 Å². The van der Waals surface area contributed by atoms with Crippen LogP contribution >= 0.6 is 0 Å². The van der Waals surface area contributed by atoms with Crippen molar-refractivity contribution in [1.29, 1.82) is 0 Å². The lowest BCUT2D eigenvalue weighted by atomic mass is 10.1. The fourth-order valence-corrected chi connectivity index (χ4v) is 2.22. The molecule has 0 radical (unpaired) electrons. The van der Waals surface area contributed by atoms with Crippen molar-refractivity contribution in [3.8, 4) is 22.8 Å². The Balaban J connectivity index is 1.77. The van der Waals surface area contributed by atoms with Gasteiger partial charge in [0.15, 0.2) is 0 Å². The third kappa shape index (κ3) is 3.51. The molecule has 122 valence electrons. The Morgan fingerprint density at radius 3 is 2.46 bits per heavy atom. The van der Waals surface area contributed by atoms with Crippen LogP contribution in [0, 0.1) is 0 Å². The molecule has 5 heteroatoms. The third-order valence-electron chi connectivity index (χ3n) is 3.84. The summed E-state index contributed by atoms with van der Waals surface area (Å²) in [6.07, 6.45) is 0.897. The number of nitrogens with one attached hydrogen (secondary N) is 1. The number of benzene rings is 2. The van der Waals surface area contributed by atoms with Gasteiger partial charge < -0.3 is 9.84 Å². The maximum atomic E-state index is 12.1. The largest absolute Gasteiger partial charge is 0.350 e. The van der Waals surface area contributed by atoms with Crippen molar-refractivity contribution in [2.75, 3.05) is 0 Å². The van der Waals surface area contributed by atoms with Gasteiger partial charge in [-0.05, 0) is 37.6 Å². The number of carbonyl (C=O) groups is 1. The second-order valence-corrected chi connectivity index (χ2v) is 5.65. The highest BCUT2D eigenvalue weighted by atomic mass is 16.5. The van der Waals surface area contributed by atoms with Gasteiger partial charge in [0.1, 0.15) is 0 Å². The lowest BCUT2D eigenvalue weighted by molar-refractivity contribution is 0.0939. The Kier molecular flexibility index (Phi) is 4.70. The van der Waals surface area contributed by atoms with Crippen LogP contribution in [0.5, 0.6) is 0 Å². The predicted octanol–water partition coefficient (Wildman–Crippen LogP) is 3.93. The van der Waals surface area contributed by atoms with E-state index >= 15 is 0 Å².